The van der Waals surface area contributed by atoms with Crippen LogP contribution in [0.25, 0.3) is 10.9 Å². The zero-order valence-corrected chi connectivity index (χ0v) is 13.5. The second-order valence-electron chi connectivity index (χ2n) is 5.34. The Morgan fingerprint density at radius 1 is 1.22 bits per heavy atom. The highest BCUT2D eigenvalue weighted by molar-refractivity contribution is 6.30. The van der Waals surface area contributed by atoms with Crippen LogP contribution in [-0.4, -0.2) is 17.6 Å². The number of halogens is 2. The average Bonchev–Trinajstić information content (AvgIpc) is 2.81. The molecule has 3 aromatic rings. The Kier molecular flexibility index (Phi) is 4.09. The van der Waals surface area contributed by atoms with Gasteiger partial charge in [0.15, 0.2) is 0 Å². The largest absolute Gasteiger partial charge is 0.464 e. The van der Waals surface area contributed by atoms with E-state index in [2.05, 4.69) is 0 Å². The lowest BCUT2D eigenvalue weighted by molar-refractivity contribution is 0.0588. The molecule has 0 aliphatic carbocycles. The minimum Gasteiger partial charge on any atom is -0.464 e. The second kappa shape index (κ2) is 6.05. The van der Waals surface area contributed by atoms with Gasteiger partial charge >= 0.3 is 5.97 Å². The van der Waals surface area contributed by atoms with Gasteiger partial charge in [-0.05, 0) is 48.4 Å². The first-order valence-electron chi connectivity index (χ1n) is 7.12. The molecule has 2 aromatic carbocycles. The monoisotopic (exact) mass is 331 g/mol. The second-order valence-corrected chi connectivity index (χ2v) is 5.78. The van der Waals surface area contributed by atoms with Crippen LogP contribution < -0.4 is 0 Å². The van der Waals surface area contributed by atoms with Crippen molar-refractivity contribution in [3.63, 3.8) is 0 Å². The number of ether oxygens (including phenoxy) is 1. The maximum atomic E-state index is 13.6. The topological polar surface area (TPSA) is 31.2 Å². The molecule has 118 valence electrons. The van der Waals surface area contributed by atoms with E-state index in [9.17, 15) is 9.18 Å². The lowest BCUT2D eigenvalue weighted by Crippen LogP contribution is -2.12. The van der Waals surface area contributed by atoms with Gasteiger partial charge in [0.25, 0.3) is 0 Å². The van der Waals surface area contributed by atoms with Gasteiger partial charge in [0.1, 0.15) is 11.5 Å². The number of aryl methyl sites for hydroxylation is 1. The standard InChI is InChI=1S/C18H15ClFNO2/c1-11-15-9-14(20)7-8-16(15)21(17(11)18(22)23-2)10-12-3-5-13(19)6-4-12/h3-9H,10H2,1-2H3. The molecular formula is C18H15ClFNO2. The van der Waals surface area contributed by atoms with Gasteiger partial charge in [-0.15, -0.1) is 0 Å². The van der Waals surface area contributed by atoms with Crippen molar-refractivity contribution in [1.82, 2.24) is 4.57 Å². The predicted molar refractivity (Wildman–Crippen MR) is 88.5 cm³/mol. The quantitative estimate of drug-likeness (QED) is 0.658. The summed E-state index contributed by atoms with van der Waals surface area (Å²) in [5, 5.41) is 1.36. The number of hydrogen-bond donors (Lipinski definition) is 0. The molecule has 5 heteroatoms. The van der Waals surface area contributed by atoms with Gasteiger partial charge in [-0.3, -0.25) is 0 Å². The molecule has 23 heavy (non-hydrogen) atoms. The van der Waals surface area contributed by atoms with Crippen molar-refractivity contribution in [2.75, 3.05) is 7.11 Å². The van der Waals surface area contributed by atoms with E-state index in [-0.39, 0.29) is 5.82 Å². The molecular weight excluding hydrogens is 317 g/mol. The van der Waals surface area contributed by atoms with Crippen LogP contribution in [0.3, 0.4) is 0 Å². The van der Waals surface area contributed by atoms with Crippen LogP contribution in [0.15, 0.2) is 42.5 Å². The van der Waals surface area contributed by atoms with Crippen LogP contribution in [0.4, 0.5) is 4.39 Å². The molecule has 0 radical (unpaired) electrons. The number of hydrogen-bond acceptors (Lipinski definition) is 2. The molecule has 0 fully saturated rings. The minimum atomic E-state index is -0.437. The molecule has 3 rings (SSSR count). The summed E-state index contributed by atoms with van der Waals surface area (Å²) in [6.07, 6.45) is 0. The molecule has 0 unspecified atom stereocenters. The van der Waals surface area contributed by atoms with E-state index in [1.54, 1.807) is 25.1 Å². The molecule has 0 N–H and O–H groups in total. The number of carbonyl (C=O) groups is 1. The molecule has 0 saturated carbocycles. The zero-order chi connectivity index (χ0) is 16.6. The van der Waals surface area contributed by atoms with Crippen molar-refractivity contribution < 1.29 is 13.9 Å². The smallest absolute Gasteiger partial charge is 0.354 e. The fraction of sp³-hybridized carbons (Fsp3) is 0.167. The Labute approximate surface area is 138 Å². The van der Waals surface area contributed by atoms with E-state index in [4.69, 9.17) is 16.3 Å². The first-order valence-corrected chi connectivity index (χ1v) is 7.50. The Balaban J connectivity index is 2.20. The Bertz CT molecular complexity index is 884. The number of aromatic nitrogens is 1. The van der Waals surface area contributed by atoms with Gasteiger partial charge in [0.2, 0.25) is 0 Å². The number of carbonyl (C=O) groups excluding carboxylic acids is 1. The third-order valence-electron chi connectivity index (χ3n) is 3.91. The van der Waals surface area contributed by atoms with E-state index in [0.29, 0.717) is 28.2 Å². The van der Waals surface area contributed by atoms with Gasteiger partial charge in [-0.25, -0.2) is 9.18 Å². The van der Waals surface area contributed by atoms with Crippen LogP contribution in [0.5, 0.6) is 0 Å². The number of esters is 1. The first-order chi connectivity index (χ1) is 11.0. The summed E-state index contributed by atoms with van der Waals surface area (Å²) in [4.78, 5) is 12.2. The van der Waals surface area contributed by atoms with E-state index in [0.717, 1.165) is 11.1 Å². The van der Waals surface area contributed by atoms with Gasteiger partial charge in [-0.2, -0.15) is 0 Å². The molecule has 0 amide bonds. The van der Waals surface area contributed by atoms with Gasteiger partial charge in [0, 0.05) is 22.5 Å². The lowest BCUT2D eigenvalue weighted by atomic mass is 10.1. The molecule has 1 heterocycles. The highest BCUT2D eigenvalue weighted by Gasteiger charge is 2.21. The van der Waals surface area contributed by atoms with E-state index in [1.165, 1.54) is 19.2 Å². The highest BCUT2D eigenvalue weighted by atomic mass is 35.5. The number of rotatable bonds is 3. The number of methoxy groups -OCH3 is 1. The molecule has 0 saturated heterocycles. The summed E-state index contributed by atoms with van der Waals surface area (Å²) in [7, 11) is 1.34. The van der Waals surface area contributed by atoms with Crippen molar-refractivity contribution in [3.05, 3.63) is 70.1 Å². The van der Waals surface area contributed by atoms with Crippen molar-refractivity contribution >= 4 is 28.5 Å². The zero-order valence-electron chi connectivity index (χ0n) is 12.8. The van der Waals surface area contributed by atoms with Crippen LogP contribution in [-0.2, 0) is 11.3 Å². The summed E-state index contributed by atoms with van der Waals surface area (Å²) in [5.41, 5.74) is 2.92. The van der Waals surface area contributed by atoms with Crippen molar-refractivity contribution in [2.24, 2.45) is 0 Å². The van der Waals surface area contributed by atoms with Gasteiger partial charge < -0.3 is 9.30 Å². The molecule has 0 aliphatic heterocycles. The number of fused-ring (bicyclic) bond motifs is 1. The lowest BCUT2D eigenvalue weighted by Gasteiger charge is -2.10. The van der Waals surface area contributed by atoms with Gasteiger partial charge in [-0.1, -0.05) is 23.7 Å². The summed E-state index contributed by atoms with van der Waals surface area (Å²) < 4.78 is 20.3. The maximum Gasteiger partial charge on any atom is 0.354 e. The SMILES string of the molecule is COC(=O)c1c(C)c2cc(F)ccc2n1Cc1ccc(Cl)cc1. The van der Waals surface area contributed by atoms with Crippen molar-refractivity contribution in [3.8, 4) is 0 Å². The summed E-state index contributed by atoms with van der Waals surface area (Å²) in [5.74, 6) is -0.770. The fourth-order valence-electron chi connectivity index (χ4n) is 2.79. The first kappa shape index (κ1) is 15.6. The van der Waals surface area contributed by atoms with E-state index in [1.807, 2.05) is 16.7 Å². The molecule has 0 bridgehead atoms. The van der Waals surface area contributed by atoms with Crippen LogP contribution in [0.1, 0.15) is 21.6 Å². The third kappa shape index (κ3) is 2.82. The molecule has 0 atom stereocenters. The van der Waals surface area contributed by atoms with E-state index < -0.39 is 5.97 Å². The highest BCUT2D eigenvalue weighted by Crippen LogP contribution is 2.28. The molecule has 3 nitrogen and oxygen atoms in total. The third-order valence-corrected chi connectivity index (χ3v) is 4.16. The van der Waals surface area contributed by atoms with Crippen LogP contribution >= 0.6 is 11.6 Å². The van der Waals surface area contributed by atoms with E-state index >= 15 is 0 Å². The Hall–Kier alpha value is -2.33. The number of benzene rings is 2. The molecule has 0 spiro atoms. The Morgan fingerprint density at radius 3 is 2.57 bits per heavy atom. The Morgan fingerprint density at radius 2 is 1.91 bits per heavy atom. The predicted octanol–water partition coefficient (Wildman–Crippen LogP) is 4.58. The summed E-state index contributed by atoms with van der Waals surface area (Å²) in [6.45, 7) is 2.27. The van der Waals surface area contributed by atoms with Crippen LogP contribution in [0, 0.1) is 12.7 Å². The summed E-state index contributed by atoms with van der Waals surface area (Å²) >= 11 is 5.91. The van der Waals surface area contributed by atoms with Crippen molar-refractivity contribution in [2.45, 2.75) is 13.5 Å². The normalized spacial score (nSPS) is 11.0. The van der Waals surface area contributed by atoms with Crippen LogP contribution in [0.2, 0.25) is 5.02 Å². The van der Waals surface area contributed by atoms with Gasteiger partial charge in [0.05, 0.1) is 7.11 Å². The van der Waals surface area contributed by atoms with Crippen molar-refractivity contribution in [1.29, 1.82) is 0 Å². The summed E-state index contributed by atoms with van der Waals surface area (Å²) in [6, 6.07) is 11.9. The number of nitrogens with zero attached hydrogens (tertiary/aromatic N) is 1. The fourth-order valence-corrected chi connectivity index (χ4v) is 2.92. The average molecular weight is 332 g/mol. The maximum absolute atomic E-state index is 13.6. The molecule has 1 aromatic heterocycles. The molecule has 0 aliphatic rings. The minimum absolute atomic E-state index is 0.333.